The van der Waals surface area contributed by atoms with Crippen LogP contribution in [0.4, 0.5) is 0 Å². The number of hydrogen-bond donors (Lipinski definition) is 1. The summed E-state index contributed by atoms with van der Waals surface area (Å²) in [5.74, 6) is -1.72. The first-order valence-electron chi connectivity index (χ1n) is 5.01. The Morgan fingerprint density at radius 3 is 2.79 bits per heavy atom. The van der Waals surface area contributed by atoms with Gasteiger partial charge in [0.25, 0.3) is 0 Å². The van der Waals surface area contributed by atoms with Gasteiger partial charge in [0.15, 0.2) is 5.41 Å². The number of rotatable bonds is 1. The maximum Gasteiger partial charge on any atom is 0.323 e. The van der Waals surface area contributed by atoms with Crippen LogP contribution in [-0.2, 0) is 14.3 Å². The van der Waals surface area contributed by atoms with E-state index in [1.807, 2.05) is 0 Å². The summed E-state index contributed by atoms with van der Waals surface area (Å²) in [4.78, 5) is 22.6. The SMILES string of the molecule is CC1(C(=O)O)C(=O)O[C@@H]2CCCC[C@H]21. The molecule has 3 atom stereocenters. The Kier molecular flexibility index (Phi) is 2.01. The molecular weight excluding hydrogens is 184 g/mol. The Morgan fingerprint density at radius 1 is 1.50 bits per heavy atom. The van der Waals surface area contributed by atoms with E-state index >= 15 is 0 Å². The van der Waals surface area contributed by atoms with Gasteiger partial charge < -0.3 is 9.84 Å². The number of carboxylic acid groups (broad SMARTS) is 1. The number of hydrogen-bond acceptors (Lipinski definition) is 3. The summed E-state index contributed by atoms with van der Waals surface area (Å²) in [6, 6.07) is 0. The first kappa shape index (κ1) is 9.49. The molecule has 4 heteroatoms. The van der Waals surface area contributed by atoms with Crippen LogP contribution in [0.2, 0.25) is 0 Å². The van der Waals surface area contributed by atoms with Crippen molar-refractivity contribution in [3.8, 4) is 0 Å². The molecule has 1 heterocycles. The fourth-order valence-electron chi connectivity index (χ4n) is 2.56. The molecule has 1 N–H and O–H groups in total. The van der Waals surface area contributed by atoms with Gasteiger partial charge in [0.2, 0.25) is 0 Å². The molecule has 0 aromatic heterocycles. The number of carbonyl (C=O) groups excluding carboxylic acids is 1. The Balaban J connectivity index is 2.32. The van der Waals surface area contributed by atoms with Gasteiger partial charge in [0.1, 0.15) is 6.10 Å². The van der Waals surface area contributed by atoms with Crippen LogP contribution in [0.3, 0.4) is 0 Å². The Morgan fingerprint density at radius 2 is 2.14 bits per heavy atom. The zero-order valence-corrected chi connectivity index (χ0v) is 8.16. The van der Waals surface area contributed by atoms with E-state index in [2.05, 4.69) is 0 Å². The molecule has 0 spiro atoms. The lowest BCUT2D eigenvalue weighted by Gasteiger charge is -2.28. The predicted octanol–water partition coefficient (Wildman–Crippen LogP) is 1.19. The molecule has 1 unspecified atom stereocenters. The Labute approximate surface area is 82.2 Å². The van der Waals surface area contributed by atoms with E-state index < -0.39 is 17.4 Å². The van der Waals surface area contributed by atoms with E-state index in [0.29, 0.717) is 0 Å². The molecular formula is C10H14O4. The molecule has 1 aliphatic carbocycles. The van der Waals surface area contributed by atoms with Crippen molar-refractivity contribution in [1.29, 1.82) is 0 Å². The van der Waals surface area contributed by atoms with Crippen LogP contribution >= 0.6 is 0 Å². The van der Waals surface area contributed by atoms with Crippen LogP contribution in [0.5, 0.6) is 0 Å². The van der Waals surface area contributed by atoms with Crippen LogP contribution in [0.25, 0.3) is 0 Å². The van der Waals surface area contributed by atoms with Crippen molar-refractivity contribution in [2.45, 2.75) is 38.7 Å². The van der Waals surface area contributed by atoms with Gasteiger partial charge in [-0.15, -0.1) is 0 Å². The molecule has 1 saturated carbocycles. The average molecular weight is 198 g/mol. The highest BCUT2D eigenvalue weighted by molar-refractivity contribution is 6.00. The smallest absolute Gasteiger partial charge is 0.323 e. The number of ether oxygens (including phenoxy) is 1. The van der Waals surface area contributed by atoms with Crippen molar-refractivity contribution < 1.29 is 19.4 Å². The standard InChI is InChI=1S/C10H14O4/c1-10(8(11)12)6-4-2-3-5-7(6)14-9(10)13/h6-7H,2-5H2,1H3,(H,11,12)/t6-,7-,10?/m1/s1. The van der Waals surface area contributed by atoms with E-state index in [4.69, 9.17) is 9.84 Å². The fourth-order valence-corrected chi connectivity index (χ4v) is 2.56. The zero-order valence-electron chi connectivity index (χ0n) is 8.16. The lowest BCUT2D eigenvalue weighted by molar-refractivity contribution is -0.160. The number of carbonyl (C=O) groups is 2. The summed E-state index contributed by atoms with van der Waals surface area (Å²) in [6.07, 6.45) is 3.49. The van der Waals surface area contributed by atoms with Crippen molar-refractivity contribution in [3.05, 3.63) is 0 Å². The second-order valence-corrected chi connectivity index (χ2v) is 4.34. The van der Waals surface area contributed by atoms with Crippen LogP contribution in [-0.4, -0.2) is 23.1 Å². The lowest BCUT2D eigenvalue weighted by Crippen LogP contribution is -2.40. The molecule has 14 heavy (non-hydrogen) atoms. The highest BCUT2D eigenvalue weighted by atomic mass is 16.6. The molecule has 2 rings (SSSR count). The quantitative estimate of drug-likeness (QED) is 0.507. The third kappa shape index (κ3) is 1.06. The fraction of sp³-hybridized carbons (Fsp3) is 0.800. The van der Waals surface area contributed by atoms with Gasteiger partial charge in [-0.3, -0.25) is 9.59 Å². The highest BCUT2D eigenvalue weighted by Crippen LogP contribution is 2.46. The second kappa shape index (κ2) is 2.97. The van der Waals surface area contributed by atoms with E-state index in [0.717, 1.165) is 25.7 Å². The summed E-state index contributed by atoms with van der Waals surface area (Å²) < 4.78 is 5.12. The lowest BCUT2D eigenvalue weighted by atomic mass is 9.71. The summed E-state index contributed by atoms with van der Waals surface area (Å²) in [7, 11) is 0. The first-order valence-corrected chi connectivity index (χ1v) is 5.01. The molecule has 2 fully saturated rings. The summed E-state index contributed by atoms with van der Waals surface area (Å²) >= 11 is 0. The van der Waals surface area contributed by atoms with Crippen molar-refractivity contribution >= 4 is 11.9 Å². The van der Waals surface area contributed by atoms with Crippen LogP contribution < -0.4 is 0 Å². The van der Waals surface area contributed by atoms with Crippen molar-refractivity contribution in [3.63, 3.8) is 0 Å². The van der Waals surface area contributed by atoms with Crippen molar-refractivity contribution in [2.75, 3.05) is 0 Å². The molecule has 1 aliphatic heterocycles. The van der Waals surface area contributed by atoms with E-state index in [1.165, 1.54) is 6.92 Å². The van der Waals surface area contributed by atoms with Crippen LogP contribution in [0.15, 0.2) is 0 Å². The number of esters is 1. The van der Waals surface area contributed by atoms with Gasteiger partial charge in [-0.2, -0.15) is 0 Å². The van der Waals surface area contributed by atoms with Gasteiger partial charge in [0, 0.05) is 5.92 Å². The molecule has 4 nitrogen and oxygen atoms in total. The minimum atomic E-state index is -1.30. The zero-order chi connectivity index (χ0) is 10.3. The Hall–Kier alpha value is -1.06. The molecule has 78 valence electrons. The summed E-state index contributed by atoms with van der Waals surface area (Å²) in [5.41, 5.74) is -1.30. The normalized spacial score (nSPS) is 41.6. The minimum Gasteiger partial charge on any atom is -0.480 e. The molecule has 0 amide bonds. The average Bonchev–Trinajstić information content (AvgIpc) is 2.41. The Bertz CT molecular complexity index is 286. The van der Waals surface area contributed by atoms with Crippen molar-refractivity contribution in [2.24, 2.45) is 11.3 Å². The maximum absolute atomic E-state index is 11.5. The number of carboxylic acids is 1. The third-order valence-corrected chi connectivity index (χ3v) is 3.57. The third-order valence-electron chi connectivity index (χ3n) is 3.57. The molecule has 1 saturated heterocycles. The van der Waals surface area contributed by atoms with Crippen LogP contribution in [0, 0.1) is 11.3 Å². The topological polar surface area (TPSA) is 63.6 Å². The molecule has 0 bridgehead atoms. The molecule has 2 aliphatic rings. The molecule has 0 radical (unpaired) electrons. The summed E-state index contributed by atoms with van der Waals surface area (Å²) in [6.45, 7) is 1.49. The molecule has 0 aromatic rings. The number of aliphatic carboxylic acids is 1. The van der Waals surface area contributed by atoms with Gasteiger partial charge in [-0.1, -0.05) is 6.42 Å². The number of fused-ring (bicyclic) bond motifs is 1. The summed E-state index contributed by atoms with van der Waals surface area (Å²) in [5, 5.41) is 9.08. The van der Waals surface area contributed by atoms with E-state index in [-0.39, 0.29) is 12.0 Å². The minimum absolute atomic E-state index is 0.124. The predicted molar refractivity (Wildman–Crippen MR) is 47.6 cm³/mol. The largest absolute Gasteiger partial charge is 0.480 e. The van der Waals surface area contributed by atoms with E-state index in [1.54, 1.807) is 0 Å². The molecule has 0 aromatic carbocycles. The second-order valence-electron chi connectivity index (χ2n) is 4.34. The van der Waals surface area contributed by atoms with Gasteiger partial charge in [0.05, 0.1) is 0 Å². The first-order chi connectivity index (χ1) is 6.56. The monoisotopic (exact) mass is 198 g/mol. The highest BCUT2D eigenvalue weighted by Gasteiger charge is 2.59. The van der Waals surface area contributed by atoms with Gasteiger partial charge in [-0.05, 0) is 26.2 Å². The van der Waals surface area contributed by atoms with E-state index in [9.17, 15) is 9.59 Å². The maximum atomic E-state index is 11.5. The van der Waals surface area contributed by atoms with Crippen molar-refractivity contribution in [1.82, 2.24) is 0 Å². The van der Waals surface area contributed by atoms with Crippen LogP contribution in [0.1, 0.15) is 32.6 Å². The van der Waals surface area contributed by atoms with Gasteiger partial charge >= 0.3 is 11.9 Å². The van der Waals surface area contributed by atoms with Gasteiger partial charge in [-0.25, -0.2) is 0 Å².